The molecule has 0 aliphatic heterocycles. The molecular weight excluding hydrogens is 200 g/mol. The number of nitrogens with one attached hydrogen (secondary N) is 1. The molecule has 1 heterocycles. The summed E-state index contributed by atoms with van der Waals surface area (Å²) in [7, 11) is 0. The molecule has 0 saturated carbocycles. The van der Waals surface area contributed by atoms with Crippen LogP contribution in [0.3, 0.4) is 0 Å². The molecule has 1 rings (SSSR count). The molecule has 4 heteroatoms. The van der Waals surface area contributed by atoms with E-state index in [0.717, 1.165) is 5.56 Å². The maximum absolute atomic E-state index is 10.6. The van der Waals surface area contributed by atoms with Crippen LogP contribution < -0.4 is 0 Å². The molecule has 0 fully saturated rings. The number of aldehydes is 1. The fraction of sp³-hybridized carbons (Fsp3) is 0. The van der Waals surface area contributed by atoms with Gasteiger partial charge in [-0.2, -0.15) is 5.10 Å². The van der Waals surface area contributed by atoms with Gasteiger partial charge in [0, 0.05) is 22.4 Å². The van der Waals surface area contributed by atoms with Crippen LogP contribution in [0.5, 0.6) is 0 Å². The third-order valence-electron chi connectivity index (χ3n) is 1.60. The van der Waals surface area contributed by atoms with Crippen LogP contribution in [-0.4, -0.2) is 16.5 Å². The quantitative estimate of drug-likeness (QED) is 0.469. The van der Waals surface area contributed by atoms with Gasteiger partial charge in [-0.25, -0.2) is 0 Å². The summed E-state index contributed by atoms with van der Waals surface area (Å²) in [6.07, 6.45) is 5.47. The van der Waals surface area contributed by atoms with Crippen LogP contribution in [0.25, 0.3) is 5.57 Å². The second-order valence-electron chi connectivity index (χ2n) is 2.63. The van der Waals surface area contributed by atoms with Crippen LogP contribution in [0.15, 0.2) is 42.2 Å². The zero-order chi connectivity index (χ0) is 10.6. The van der Waals surface area contributed by atoms with Gasteiger partial charge in [0.15, 0.2) is 0 Å². The zero-order valence-electron chi connectivity index (χ0n) is 7.46. The highest BCUT2D eigenvalue weighted by Gasteiger charge is 2.06. The molecule has 0 radical (unpaired) electrons. The number of nitrogens with zero attached hydrogens (tertiary/aromatic N) is 1. The lowest BCUT2D eigenvalue weighted by Crippen LogP contribution is -1.88. The Kier molecular flexibility index (Phi) is 3.42. The van der Waals surface area contributed by atoms with Gasteiger partial charge in [0.2, 0.25) is 0 Å². The fourth-order valence-electron chi connectivity index (χ4n) is 0.980. The molecule has 1 N–H and O–H groups in total. The van der Waals surface area contributed by atoms with E-state index < -0.39 is 0 Å². The SMILES string of the molecule is C=C(Cl)/C=C(\C(=C)C=O)c1cn[nH]c1. The van der Waals surface area contributed by atoms with Crippen molar-refractivity contribution in [3.63, 3.8) is 0 Å². The number of carbonyl (C=O) groups is 1. The molecule has 0 bridgehead atoms. The number of hydrogen-bond donors (Lipinski definition) is 1. The molecule has 0 unspecified atom stereocenters. The van der Waals surface area contributed by atoms with Gasteiger partial charge in [0.1, 0.15) is 6.29 Å². The van der Waals surface area contributed by atoms with E-state index in [-0.39, 0.29) is 0 Å². The molecule has 0 amide bonds. The van der Waals surface area contributed by atoms with Crippen LogP contribution in [0.2, 0.25) is 0 Å². The molecule has 0 aliphatic rings. The third kappa shape index (κ3) is 2.44. The number of allylic oxidation sites excluding steroid dienone is 4. The Bertz CT molecular complexity index is 390. The summed E-state index contributed by atoms with van der Waals surface area (Å²) in [6.45, 7) is 7.13. The van der Waals surface area contributed by atoms with Gasteiger partial charge in [0.05, 0.1) is 6.20 Å². The van der Waals surface area contributed by atoms with Crippen molar-refractivity contribution in [3.8, 4) is 0 Å². The Hall–Kier alpha value is -1.61. The van der Waals surface area contributed by atoms with E-state index in [1.807, 2.05) is 0 Å². The Morgan fingerprint density at radius 2 is 2.29 bits per heavy atom. The largest absolute Gasteiger partial charge is 0.298 e. The number of aromatic nitrogens is 2. The maximum atomic E-state index is 10.6. The molecule has 1 aromatic rings. The summed E-state index contributed by atoms with van der Waals surface area (Å²) < 4.78 is 0. The summed E-state index contributed by atoms with van der Waals surface area (Å²) in [5.74, 6) is 0. The summed E-state index contributed by atoms with van der Waals surface area (Å²) in [4.78, 5) is 10.6. The smallest absolute Gasteiger partial charge is 0.150 e. The normalized spacial score (nSPS) is 11.1. The van der Waals surface area contributed by atoms with Crippen LogP contribution in [0, 0.1) is 0 Å². The van der Waals surface area contributed by atoms with Crippen molar-refractivity contribution in [2.45, 2.75) is 0 Å². The van der Waals surface area contributed by atoms with Crippen molar-refractivity contribution in [1.82, 2.24) is 10.2 Å². The number of carbonyl (C=O) groups excluding carboxylic acids is 1. The second kappa shape index (κ2) is 4.58. The van der Waals surface area contributed by atoms with Crippen molar-refractivity contribution in [2.75, 3.05) is 0 Å². The predicted molar refractivity (Wildman–Crippen MR) is 56.8 cm³/mol. The molecule has 3 nitrogen and oxygen atoms in total. The van der Waals surface area contributed by atoms with Gasteiger partial charge in [-0.1, -0.05) is 24.8 Å². The lowest BCUT2D eigenvalue weighted by molar-refractivity contribution is -0.104. The Balaban J connectivity index is 3.12. The fourth-order valence-corrected chi connectivity index (χ4v) is 1.09. The molecule has 14 heavy (non-hydrogen) atoms. The minimum absolute atomic E-state index is 0.337. The third-order valence-corrected chi connectivity index (χ3v) is 1.71. The van der Waals surface area contributed by atoms with E-state index in [1.165, 1.54) is 0 Å². The Morgan fingerprint density at radius 1 is 1.57 bits per heavy atom. The summed E-state index contributed by atoms with van der Waals surface area (Å²) in [5, 5.41) is 6.75. The molecule has 0 aromatic carbocycles. The first kappa shape index (κ1) is 10.5. The standard InChI is InChI=1S/C10H9ClN2O/c1-7(6-14)10(3-8(2)11)9-4-12-13-5-9/h3-6H,1-2H2,(H,12,13)/b10-3+. The molecule has 0 aliphatic carbocycles. The van der Waals surface area contributed by atoms with Crippen LogP contribution in [0.1, 0.15) is 5.56 Å². The predicted octanol–water partition coefficient (Wildman–Crippen LogP) is 2.30. The zero-order valence-corrected chi connectivity index (χ0v) is 8.21. The lowest BCUT2D eigenvalue weighted by atomic mass is 10.0. The van der Waals surface area contributed by atoms with Crippen molar-refractivity contribution in [2.24, 2.45) is 0 Å². The maximum Gasteiger partial charge on any atom is 0.150 e. The van der Waals surface area contributed by atoms with Crippen molar-refractivity contribution < 1.29 is 4.79 Å². The van der Waals surface area contributed by atoms with Crippen molar-refractivity contribution in [3.05, 3.63) is 47.8 Å². The number of aromatic amines is 1. The van der Waals surface area contributed by atoms with Crippen molar-refractivity contribution >= 4 is 23.5 Å². The topological polar surface area (TPSA) is 45.8 Å². The molecule has 1 aromatic heterocycles. The second-order valence-corrected chi connectivity index (χ2v) is 3.12. The average molecular weight is 209 g/mol. The molecule has 0 saturated heterocycles. The van der Waals surface area contributed by atoms with E-state index in [9.17, 15) is 4.79 Å². The van der Waals surface area contributed by atoms with Gasteiger partial charge >= 0.3 is 0 Å². The number of H-pyrrole nitrogens is 1. The lowest BCUT2D eigenvalue weighted by Gasteiger charge is -2.01. The van der Waals surface area contributed by atoms with E-state index in [2.05, 4.69) is 23.4 Å². The number of hydrogen-bond acceptors (Lipinski definition) is 2. The number of rotatable bonds is 4. The van der Waals surface area contributed by atoms with Crippen LogP contribution in [-0.2, 0) is 4.79 Å². The molecule has 72 valence electrons. The highest BCUT2D eigenvalue weighted by atomic mass is 35.5. The molecule has 0 atom stereocenters. The van der Waals surface area contributed by atoms with Gasteiger partial charge in [-0.05, 0) is 11.6 Å². The average Bonchev–Trinajstić information content (AvgIpc) is 2.65. The van der Waals surface area contributed by atoms with E-state index in [4.69, 9.17) is 11.6 Å². The molecular formula is C10H9ClN2O. The highest BCUT2D eigenvalue weighted by Crippen LogP contribution is 2.21. The summed E-state index contributed by atoms with van der Waals surface area (Å²) in [5.41, 5.74) is 1.71. The highest BCUT2D eigenvalue weighted by molar-refractivity contribution is 6.31. The minimum atomic E-state index is 0.337. The Labute approximate surface area is 86.8 Å². The van der Waals surface area contributed by atoms with E-state index in [0.29, 0.717) is 22.5 Å². The van der Waals surface area contributed by atoms with Gasteiger partial charge in [-0.15, -0.1) is 0 Å². The summed E-state index contributed by atoms with van der Waals surface area (Å²) in [6, 6.07) is 0. The van der Waals surface area contributed by atoms with Crippen LogP contribution in [0.4, 0.5) is 0 Å². The van der Waals surface area contributed by atoms with E-state index >= 15 is 0 Å². The number of halogens is 1. The van der Waals surface area contributed by atoms with Gasteiger partial charge < -0.3 is 0 Å². The van der Waals surface area contributed by atoms with Crippen LogP contribution >= 0.6 is 11.6 Å². The first-order chi connectivity index (χ1) is 6.65. The molecule has 0 spiro atoms. The van der Waals surface area contributed by atoms with Gasteiger partial charge in [0.25, 0.3) is 0 Å². The minimum Gasteiger partial charge on any atom is -0.298 e. The van der Waals surface area contributed by atoms with E-state index in [1.54, 1.807) is 18.5 Å². The first-order valence-corrected chi connectivity index (χ1v) is 4.22. The van der Waals surface area contributed by atoms with Gasteiger partial charge in [-0.3, -0.25) is 9.89 Å². The summed E-state index contributed by atoms with van der Waals surface area (Å²) >= 11 is 5.63. The Morgan fingerprint density at radius 3 is 2.71 bits per heavy atom. The van der Waals surface area contributed by atoms with Crippen molar-refractivity contribution in [1.29, 1.82) is 0 Å². The monoisotopic (exact) mass is 208 g/mol. The first-order valence-electron chi connectivity index (χ1n) is 3.85.